The number of oxazole rings is 1. The predicted octanol–water partition coefficient (Wildman–Crippen LogP) is 6.40. The van der Waals surface area contributed by atoms with E-state index in [4.69, 9.17) is 16.6 Å². The zero-order valence-electron chi connectivity index (χ0n) is 17.8. The van der Waals surface area contributed by atoms with E-state index in [0.29, 0.717) is 23.3 Å². The van der Waals surface area contributed by atoms with Crippen molar-refractivity contribution in [1.82, 2.24) is 10.3 Å². The van der Waals surface area contributed by atoms with Gasteiger partial charge in [0.15, 0.2) is 10.7 Å². The van der Waals surface area contributed by atoms with Crippen molar-refractivity contribution in [2.75, 3.05) is 5.32 Å². The predicted molar refractivity (Wildman–Crippen MR) is 127 cm³/mol. The van der Waals surface area contributed by atoms with E-state index in [0.717, 1.165) is 48.0 Å². The minimum absolute atomic E-state index is 0.0548. The lowest BCUT2D eigenvalue weighted by atomic mass is 9.98. The Morgan fingerprint density at radius 2 is 1.90 bits per heavy atom. The molecule has 0 aliphatic rings. The maximum absolute atomic E-state index is 11.9. The largest absolute Gasteiger partial charge is 0.436 e. The summed E-state index contributed by atoms with van der Waals surface area (Å²) in [5.41, 5.74) is 4.61. The number of aromatic nitrogens is 1. The molecule has 0 saturated heterocycles. The monoisotopic (exact) mass is 423 g/mol. The molecule has 1 heterocycles. The molecule has 3 aromatic rings. The molecular weight excluding hydrogens is 394 g/mol. The van der Waals surface area contributed by atoms with Crippen LogP contribution in [0.25, 0.3) is 22.6 Å². The highest BCUT2D eigenvalue weighted by Gasteiger charge is 2.11. The van der Waals surface area contributed by atoms with Crippen LogP contribution in [0, 0.1) is 0 Å². The number of benzene rings is 2. The van der Waals surface area contributed by atoms with Crippen molar-refractivity contribution in [3.63, 3.8) is 0 Å². The van der Waals surface area contributed by atoms with E-state index in [1.165, 1.54) is 5.56 Å². The van der Waals surface area contributed by atoms with Gasteiger partial charge in [-0.3, -0.25) is 4.79 Å². The van der Waals surface area contributed by atoms with Crippen molar-refractivity contribution in [2.45, 2.75) is 58.8 Å². The van der Waals surface area contributed by atoms with Crippen molar-refractivity contribution in [2.24, 2.45) is 0 Å². The molecule has 0 radical (unpaired) electrons. The lowest BCUT2D eigenvalue weighted by Crippen LogP contribution is -2.33. The second-order valence-corrected chi connectivity index (χ2v) is 8.00. The summed E-state index contributed by atoms with van der Waals surface area (Å²) in [6, 6.07) is 13.8. The molecule has 1 atom stereocenters. The highest BCUT2D eigenvalue weighted by Crippen LogP contribution is 2.28. The number of carbonyl (C=O) groups is 1. The minimum Gasteiger partial charge on any atom is -0.436 e. The summed E-state index contributed by atoms with van der Waals surface area (Å²) in [6.07, 6.45) is 4.59. The van der Waals surface area contributed by atoms with E-state index in [-0.39, 0.29) is 5.91 Å². The van der Waals surface area contributed by atoms with Gasteiger partial charge < -0.3 is 15.1 Å². The summed E-state index contributed by atoms with van der Waals surface area (Å²) in [4.78, 5) is 16.5. The molecule has 5 nitrogen and oxygen atoms in total. The summed E-state index contributed by atoms with van der Waals surface area (Å²) in [6.45, 7) is 6.51. The second kappa shape index (κ2) is 10.3. The van der Waals surface area contributed by atoms with E-state index in [2.05, 4.69) is 48.5 Å². The van der Waals surface area contributed by atoms with Crippen LogP contribution in [0.2, 0.25) is 0 Å². The van der Waals surface area contributed by atoms with Crippen LogP contribution >= 0.6 is 12.2 Å². The van der Waals surface area contributed by atoms with Crippen molar-refractivity contribution in [3.8, 4) is 11.5 Å². The quantitative estimate of drug-likeness (QED) is 0.324. The van der Waals surface area contributed by atoms with Gasteiger partial charge in [-0.25, -0.2) is 4.98 Å². The molecule has 3 rings (SSSR count). The summed E-state index contributed by atoms with van der Waals surface area (Å²) >= 11 is 5.23. The number of unbranched alkanes of at least 4 members (excludes halogenated alkanes) is 2. The summed E-state index contributed by atoms with van der Waals surface area (Å²) in [5, 5.41) is 6.07. The SMILES string of the molecule is CCCCCC(=O)NC(=S)Nc1ccc(-c2nc3cc(C(C)CC)ccc3o2)cc1. The van der Waals surface area contributed by atoms with E-state index in [9.17, 15) is 4.79 Å². The molecule has 0 fully saturated rings. The van der Waals surface area contributed by atoms with E-state index in [1.54, 1.807) is 0 Å². The fourth-order valence-electron chi connectivity index (χ4n) is 3.19. The summed E-state index contributed by atoms with van der Waals surface area (Å²) in [5.74, 6) is 1.03. The van der Waals surface area contributed by atoms with Crippen LogP contribution in [0.4, 0.5) is 5.69 Å². The molecule has 1 amide bonds. The topological polar surface area (TPSA) is 67.2 Å². The van der Waals surface area contributed by atoms with Crippen LogP contribution in [0.1, 0.15) is 64.4 Å². The number of hydrogen-bond donors (Lipinski definition) is 2. The second-order valence-electron chi connectivity index (χ2n) is 7.59. The number of anilines is 1. The van der Waals surface area contributed by atoms with E-state index < -0.39 is 0 Å². The average molecular weight is 424 g/mol. The van der Waals surface area contributed by atoms with Gasteiger partial charge in [0, 0.05) is 17.7 Å². The Labute approximate surface area is 183 Å². The third kappa shape index (κ3) is 5.66. The first-order valence-electron chi connectivity index (χ1n) is 10.6. The fourth-order valence-corrected chi connectivity index (χ4v) is 3.43. The fraction of sp³-hybridized carbons (Fsp3) is 0.375. The molecule has 0 saturated carbocycles. The molecule has 2 aromatic carbocycles. The Bertz CT molecular complexity index is 1010. The van der Waals surface area contributed by atoms with Gasteiger partial charge in [0.25, 0.3) is 0 Å². The van der Waals surface area contributed by atoms with E-state index >= 15 is 0 Å². The first-order chi connectivity index (χ1) is 14.5. The Hall–Kier alpha value is -2.73. The number of nitrogens with zero attached hydrogens (tertiary/aromatic N) is 1. The first-order valence-corrected chi connectivity index (χ1v) is 11.0. The van der Waals surface area contributed by atoms with Crippen LogP contribution in [-0.4, -0.2) is 16.0 Å². The lowest BCUT2D eigenvalue weighted by molar-refractivity contribution is -0.119. The van der Waals surface area contributed by atoms with Gasteiger partial charge in [-0.05, 0) is 72.9 Å². The van der Waals surface area contributed by atoms with Crippen molar-refractivity contribution >= 4 is 40.0 Å². The van der Waals surface area contributed by atoms with Crippen LogP contribution < -0.4 is 10.6 Å². The number of nitrogens with one attached hydrogen (secondary N) is 2. The molecule has 0 bridgehead atoms. The number of amides is 1. The molecular formula is C24H29N3O2S. The Kier molecular flexibility index (Phi) is 7.57. The highest BCUT2D eigenvalue weighted by atomic mass is 32.1. The summed E-state index contributed by atoms with van der Waals surface area (Å²) < 4.78 is 5.93. The third-order valence-corrected chi connectivity index (χ3v) is 5.45. The van der Waals surface area contributed by atoms with Gasteiger partial charge in [-0.2, -0.15) is 0 Å². The third-order valence-electron chi connectivity index (χ3n) is 5.24. The van der Waals surface area contributed by atoms with Gasteiger partial charge in [0.05, 0.1) is 0 Å². The van der Waals surface area contributed by atoms with Crippen LogP contribution in [0.3, 0.4) is 0 Å². The van der Waals surface area contributed by atoms with Gasteiger partial charge in [-0.1, -0.05) is 39.7 Å². The van der Waals surface area contributed by atoms with Gasteiger partial charge in [0.2, 0.25) is 11.8 Å². The molecule has 2 N–H and O–H groups in total. The van der Waals surface area contributed by atoms with Crippen LogP contribution in [0.5, 0.6) is 0 Å². The standard InChI is InChI=1S/C24H29N3O2S/c1-4-6-7-8-22(28)27-24(30)25-19-12-9-17(10-13-19)23-26-20-15-18(16(3)5-2)11-14-21(20)29-23/h9-16H,4-8H2,1-3H3,(H2,25,27,28,30). The molecule has 0 aliphatic carbocycles. The lowest BCUT2D eigenvalue weighted by Gasteiger charge is -2.09. The maximum Gasteiger partial charge on any atom is 0.227 e. The zero-order chi connectivity index (χ0) is 21.5. The maximum atomic E-state index is 11.9. The molecule has 6 heteroatoms. The summed E-state index contributed by atoms with van der Waals surface area (Å²) in [7, 11) is 0. The van der Waals surface area contributed by atoms with Crippen molar-refractivity contribution in [1.29, 1.82) is 0 Å². The molecule has 1 unspecified atom stereocenters. The first kappa shape index (κ1) is 22.0. The number of rotatable bonds is 8. The van der Waals surface area contributed by atoms with Crippen LogP contribution in [-0.2, 0) is 4.79 Å². The molecule has 158 valence electrons. The van der Waals surface area contributed by atoms with Crippen LogP contribution in [0.15, 0.2) is 46.9 Å². The molecule has 0 aliphatic heterocycles. The molecule has 30 heavy (non-hydrogen) atoms. The smallest absolute Gasteiger partial charge is 0.227 e. The Balaban J connectivity index is 1.64. The zero-order valence-corrected chi connectivity index (χ0v) is 18.6. The Morgan fingerprint density at radius 3 is 2.60 bits per heavy atom. The van der Waals surface area contributed by atoms with Crippen molar-refractivity contribution in [3.05, 3.63) is 48.0 Å². The van der Waals surface area contributed by atoms with Crippen molar-refractivity contribution < 1.29 is 9.21 Å². The highest BCUT2D eigenvalue weighted by molar-refractivity contribution is 7.80. The minimum atomic E-state index is -0.0548. The van der Waals surface area contributed by atoms with Gasteiger partial charge >= 0.3 is 0 Å². The number of hydrogen-bond acceptors (Lipinski definition) is 4. The van der Waals surface area contributed by atoms with Gasteiger partial charge in [0.1, 0.15) is 5.52 Å². The van der Waals surface area contributed by atoms with E-state index in [1.807, 2.05) is 30.3 Å². The number of carbonyl (C=O) groups excluding carboxylic acids is 1. The molecule has 0 spiro atoms. The average Bonchev–Trinajstić information content (AvgIpc) is 3.17. The molecule has 1 aromatic heterocycles. The van der Waals surface area contributed by atoms with Gasteiger partial charge in [-0.15, -0.1) is 0 Å². The number of fused-ring (bicyclic) bond motifs is 1. The normalized spacial score (nSPS) is 12.0. The Morgan fingerprint density at radius 1 is 1.13 bits per heavy atom. The number of thiocarbonyl (C=S) groups is 1.